The lowest BCUT2D eigenvalue weighted by atomic mass is 9.90. The van der Waals surface area contributed by atoms with Gasteiger partial charge in [-0.1, -0.05) is 86.7 Å². The van der Waals surface area contributed by atoms with E-state index in [1.165, 1.54) is 82.8 Å². The molecule has 0 heterocycles. The largest absolute Gasteiger partial charge is 0.300 e. The molecule has 0 fully saturated rings. The molecule has 0 saturated carbocycles. The van der Waals surface area contributed by atoms with Gasteiger partial charge in [0.1, 0.15) is 5.78 Å². The van der Waals surface area contributed by atoms with Crippen molar-refractivity contribution in [2.45, 2.75) is 64.7 Å². The smallest absolute Gasteiger partial charge is 0.129 e. The lowest BCUT2D eigenvalue weighted by Gasteiger charge is -2.14. The summed E-state index contributed by atoms with van der Waals surface area (Å²) in [5, 5.41) is 8.35. The second-order valence-corrected chi connectivity index (χ2v) is 8.26. The molecular weight excluding hydrogens is 340 g/mol. The molecule has 0 unspecified atom stereocenters. The van der Waals surface area contributed by atoms with Crippen LogP contribution >= 0.6 is 0 Å². The van der Waals surface area contributed by atoms with Crippen molar-refractivity contribution in [2.24, 2.45) is 0 Å². The number of ketones is 1. The van der Waals surface area contributed by atoms with Gasteiger partial charge in [-0.2, -0.15) is 0 Å². The van der Waals surface area contributed by atoms with Crippen molar-refractivity contribution in [1.82, 2.24) is 0 Å². The first-order chi connectivity index (χ1) is 13.7. The monoisotopic (exact) mass is 370 g/mol. The van der Waals surface area contributed by atoms with Gasteiger partial charge in [-0.3, -0.25) is 0 Å². The zero-order valence-electron chi connectivity index (χ0n) is 17.0. The second kappa shape index (κ2) is 8.73. The highest BCUT2D eigenvalue weighted by Crippen LogP contribution is 2.36. The van der Waals surface area contributed by atoms with E-state index in [1.807, 2.05) is 0 Å². The molecule has 0 aliphatic carbocycles. The lowest BCUT2D eigenvalue weighted by molar-refractivity contribution is -0.117. The van der Waals surface area contributed by atoms with Crippen LogP contribution in [-0.4, -0.2) is 5.78 Å². The zero-order chi connectivity index (χ0) is 19.3. The van der Waals surface area contributed by atoms with Gasteiger partial charge in [0.2, 0.25) is 0 Å². The Balaban J connectivity index is 1.38. The van der Waals surface area contributed by atoms with Gasteiger partial charge in [-0.15, -0.1) is 0 Å². The predicted molar refractivity (Wildman–Crippen MR) is 121 cm³/mol. The molecule has 0 radical (unpaired) electrons. The fourth-order valence-corrected chi connectivity index (χ4v) is 4.59. The first-order valence-electron chi connectivity index (χ1n) is 10.9. The number of aryl methyl sites for hydroxylation is 1. The van der Waals surface area contributed by atoms with Gasteiger partial charge in [0, 0.05) is 6.42 Å². The third-order valence-corrected chi connectivity index (χ3v) is 6.09. The number of benzene rings is 4. The predicted octanol–water partition coefficient (Wildman–Crippen LogP) is 7.84. The van der Waals surface area contributed by atoms with Crippen LogP contribution in [0.4, 0.5) is 0 Å². The molecule has 4 rings (SSSR count). The van der Waals surface area contributed by atoms with Crippen LogP contribution in [0, 0.1) is 0 Å². The van der Waals surface area contributed by atoms with Crippen molar-refractivity contribution >= 4 is 38.1 Å². The van der Waals surface area contributed by atoms with E-state index in [0.717, 1.165) is 12.8 Å². The van der Waals surface area contributed by atoms with Gasteiger partial charge in [0.15, 0.2) is 0 Å². The number of carbonyl (C=O) groups excluding carboxylic acids is 1. The van der Waals surface area contributed by atoms with Crippen LogP contribution in [0.15, 0.2) is 54.6 Å². The second-order valence-electron chi connectivity index (χ2n) is 8.26. The quantitative estimate of drug-likeness (QED) is 0.205. The van der Waals surface area contributed by atoms with E-state index in [0.29, 0.717) is 5.78 Å². The summed E-state index contributed by atoms with van der Waals surface area (Å²) in [5.74, 6) is 0.327. The molecule has 0 N–H and O–H groups in total. The molecule has 144 valence electrons. The molecule has 0 amide bonds. The molecule has 0 atom stereocenters. The molecule has 28 heavy (non-hydrogen) atoms. The summed E-state index contributed by atoms with van der Waals surface area (Å²) in [5.41, 5.74) is 1.49. The van der Waals surface area contributed by atoms with Gasteiger partial charge in [0.25, 0.3) is 0 Å². The summed E-state index contributed by atoms with van der Waals surface area (Å²) in [7, 11) is 0. The summed E-state index contributed by atoms with van der Waals surface area (Å²) in [6, 6.07) is 20.4. The highest BCUT2D eigenvalue weighted by atomic mass is 16.1. The minimum atomic E-state index is 0.327. The molecule has 1 nitrogen and oxygen atoms in total. The minimum Gasteiger partial charge on any atom is -0.300 e. The van der Waals surface area contributed by atoms with Gasteiger partial charge in [-0.05, 0) is 64.1 Å². The van der Waals surface area contributed by atoms with Crippen LogP contribution in [0.2, 0.25) is 0 Å². The molecule has 4 aromatic carbocycles. The third kappa shape index (κ3) is 4.04. The highest BCUT2D eigenvalue weighted by molar-refractivity contribution is 6.23. The molecular formula is C27H30O. The first-order valence-corrected chi connectivity index (χ1v) is 10.9. The van der Waals surface area contributed by atoms with E-state index in [9.17, 15) is 4.79 Å². The van der Waals surface area contributed by atoms with Crippen LogP contribution < -0.4 is 0 Å². The Morgan fingerprint density at radius 1 is 0.643 bits per heavy atom. The van der Waals surface area contributed by atoms with E-state index in [1.54, 1.807) is 6.92 Å². The molecule has 0 aliphatic rings. The maximum absolute atomic E-state index is 11.0. The van der Waals surface area contributed by atoms with E-state index < -0.39 is 0 Å². The number of carbonyl (C=O) groups is 1. The minimum absolute atomic E-state index is 0.327. The van der Waals surface area contributed by atoms with E-state index in [2.05, 4.69) is 54.6 Å². The number of rotatable bonds is 10. The molecule has 1 heteroatoms. The molecule has 4 aromatic rings. The van der Waals surface area contributed by atoms with Gasteiger partial charge in [0.05, 0.1) is 0 Å². The van der Waals surface area contributed by atoms with Gasteiger partial charge < -0.3 is 4.79 Å². The van der Waals surface area contributed by atoms with E-state index in [4.69, 9.17) is 0 Å². The van der Waals surface area contributed by atoms with Crippen molar-refractivity contribution in [3.05, 3.63) is 60.2 Å². The summed E-state index contributed by atoms with van der Waals surface area (Å²) < 4.78 is 0. The number of hydrogen-bond donors (Lipinski definition) is 0. The third-order valence-electron chi connectivity index (χ3n) is 6.09. The highest BCUT2D eigenvalue weighted by Gasteiger charge is 2.10. The van der Waals surface area contributed by atoms with Crippen LogP contribution in [0.25, 0.3) is 32.3 Å². The van der Waals surface area contributed by atoms with E-state index >= 15 is 0 Å². The topological polar surface area (TPSA) is 17.1 Å². The SMILES string of the molecule is CC(=O)CCCCCCCCCc1ccc2ccc3cccc4ccc1c2c34. The Morgan fingerprint density at radius 2 is 1.21 bits per heavy atom. The van der Waals surface area contributed by atoms with Crippen molar-refractivity contribution in [3.63, 3.8) is 0 Å². The Hall–Kier alpha value is -2.41. The molecule has 0 spiro atoms. The van der Waals surface area contributed by atoms with E-state index in [-0.39, 0.29) is 0 Å². The zero-order valence-corrected chi connectivity index (χ0v) is 17.0. The van der Waals surface area contributed by atoms with Crippen LogP contribution in [0.3, 0.4) is 0 Å². The van der Waals surface area contributed by atoms with Gasteiger partial charge >= 0.3 is 0 Å². The summed E-state index contributed by atoms with van der Waals surface area (Å²) in [6.45, 7) is 1.69. The maximum Gasteiger partial charge on any atom is 0.129 e. The molecule has 0 aliphatic heterocycles. The van der Waals surface area contributed by atoms with Crippen molar-refractivity contribution in [1.29, 1.82) is 0 Å². The molecule has 0 saturated heterocycles. The Kier molecular flexibility index (Phi) is 5.90. The average molecular weight is 371 g/mol. The summed E-state index contributed by atoms with van der Waals surface area (Å²) in [4.78, 5) is 11.0. The maximum atomic E-state index is 11.0. The Morgan fingerprint density at radius 3 is 1.93 bits per heavy atom. The molecule has 0 bridgehead atoms. The van der Waals surface area contributed by atoms with Crippen LogP contribution in [-0.2, 0) is 11.2 Å². The summed E-state index contributed by atoms with van der Waals surface area (Å²) >= 11 is 0. The first kappa shape index (κ1) is 18.9. The fourth-order valence-electron chi connectivity index (χ4n) is 4.59. The number of hydrogen-bond acceptors (Lipinski definition) is 1. The lowest BCUT2D eigenvalue weighted by Crippen LogP contribution is -1.91. The van der Waals surface area contributed by atoms with Gasteiger partial charge in [-0.25, -0.2) is 0 Å². The Bertz CT molecular complexity index is 1060. The normalized spacial score (nSPS) is 11.8. The van der Waals surface area contributed by atoms with Crippen molar-refractivity contribution in [2.75, 3.05) is 0 Å². The fraction of sp³-hybridized carbons (Fsp3) is 0.370. The van der Waals surface area contributed by atoms with Crippen LogP contribution in [0.1, 0.15) is 63.9 Å². The summed E-state index contributed by atoms with van der Waals surface area (Å²) in [6.07, 6.45) is 10.6. The number of Topliss-reactive ketones (excluding diaryl/α,β-unsaturated/α-hetero) is 1. The standard InChI is InChI=1S/C27H30O/c1-20(28)10-7-5-3-2-4-6-8-11-21-14-15-24-17-16-22-12-9-13-23-18-19-25(21)27(24)26(22)23/h9,12-19H,2-8,10-11H2,1H3. The number of unbranched alkanes of at least 4 members (excludes halogenated alkanes) is 6. The Labute approximate surface area is 168 Å². The average Bonchev–Trinajstić information content (AvgIpc) is 2.71. The van der Waals surface area contributed by atoms with Crippen molar-refractivity contribution in [3.8, 4) is 0 Å². The van der Waals surface area contributed by atoms with Crippen molar-refractivity contribution < 1.29 is 4.79 Å². The van der Waals surface area contributed by atoms with Crippen LogP contribution in [0.5, 0.6) is 0 Å². The molecule has 0 aromatic heterocycles.